The molecule has 11 heteroatoms. The number of nitrogens with one attached hydrogen (secondary N) is 1. The van der Waals surface area contributed by atoms with Gasteiger partial charge in [0.05, 0.1) is 12.7 Å². The van der Waals surface area contributed by atoms with Crippen molar-refractivity contribution in [3.63, 3.8) is 0 Å². The van der Waals surface area contributed by atoms with Gasteiger partial charge in [0.1, 0.15) is 18.3 Å². The van der Waals surface area contributed by atoms with Crippen molar-refractivity contribution in [2.45, 2.75) is 44.2 Å². The van der Waals surface area contributed by atoms with Crippen molar-refractivity contribution in [2.24, 2.45) is 10.7 Å². The van der Waals surface area contributed by atoms with Crippen LogP contribution in [0.25, 0.3) is 11.2 Å². The lowest BCUT2D eigenvalue weighted by Crippen LogP contribution is -2.34. The highest BCUT2D eigenvalue weighted by molar-refractivity contribution is 5.71. The zero-order valence-corrected chi connectivity index (χ0v) is 15.6. The van der Waals surface area contributed by atoms with Gasteiger partial charge in [0, 0.05) is 20.6 Å². The lowest BCUT2D eigenvalue weighted by Gasteiger charge is -2.24. The molecular weight excluding hydrogens is 354 g/mol. The van der Waals surface area contributed by atoms with E-state index in [4.69, 9.17) is 19.9 Å². The van der Waals surface area contributed by atoms with Gasteiger partial charge in [0.2, 0.25) is 5.95 Å². The molecule has 2 aromatic heterocycles. The summed E-state index contributed by atoms with van der Waals surface area (Å²) in [4.78, 5) is 29.5. The maximum atomic E-state index is 12.3. The average molecular weight is 377 g/mol. The molecule has 27 heavy (non-hydrogen) atoms. The molecule has 0 aromatic carbocycles. The minimum absolute atomic E-state index is 0.178. The molecule has 2 aromatic rings. The Kier molecular flexibility index (Phi) is 4.26. The van der Waals surface area contributed by atoms with Crippen LogP contribution in [0.3, 0.4) is 0 Å². The van der Waals surface area contributed by atoms with Gasteiger partial charge in [-0.15, -0.1) is 0 Å². The van der Waals surface area contributed by atoms with Crippen molar-refractivity contribution >= 4 is 23.5 Å². The van der Waals surface area contributed by atoms with E-state index in [-0.39, 0.29) is 41.9 Å². The standard InChI is InChI=1S/C16H23N7O4/c1-16(2)26-10-8(5-17)25-14(11(10)27-16)23-7-18-9-12(23)20-15(21-13(9)24)19-6-22(3)4/h6-8,10-11,14H,5,17H2,1-4H3,(H,20,21,24)/t8-,10?,11+,14-/m1/s1. The van der Waals surface area contributed by atoms with E-state index in [1.807, 2.05) is 27.9 Å². The number of aromatic nitrogens is 4. The summed E-state index contributed by atoms with van der Waals surface area (Å²) in [5, 5.41) is 0. The summed E-state index contributed by atoms with van der Waals surface area (Å²) in [7, 11) is 3.64. The first-order chi connectivity index (χ1) is 12.8. The van der Waals surface area contributed by atoms with Crippen molar-refractivity contribution in [1.82, 2.24) is 24.4 Å². The van der Waals surface area contributed by atoms with Gasteiger partial charge in [0.15, 0.2) is 23.2 Å². The Bertz CT molecular complexity index is 934. The molecule has 11 nitrogen and oxygen atoms in total. The lowest BCUT2D eigenvalue weighted by molar-refractivity contribution is -0.195. The topological polar surface area (TPSA) is 133 Å². The first-order valence-corrected chi connectivity index (χ1v) is 8.68. The second-order valence-corrected chi connectivity index (χ2v) is 7.29. The van der Waals surface area contributed by atoms with Crippen LogP contribution >= 0.6 is 0 Å². The molecule has 1 unspecified atom stereocenters. The fraction of sp³-hybridized carbons (Fsp3) is 0.625. The van der Waals surface area contributed by atoms with E-state index >= 15 is 0 Å². The van der Waals surface area contributed by atoms with Gasteiger partial charge >= 0.3 is 0 Å². The van der Waals surface area contributed by atoms with Crippen LogP contribution in [0.4, 0.5) is 5.95 Å². The molecule has 0 radical (unpaired) electrons. The maximum Gasteiger partial charge on any atom is 0.280 e. The van der Waals surface area contributed by atoms with Crippen LogP contribution in [-0.2, 0) is 14.2 Å². The van der Waals surface area contributed by atoms with E-state index in [0.717, 1.165) is 0 Å². The molecular formula is C16H23N7O4. The van der Waals surface area contributed by atoms with Crippen LogP contribution in [-0.4, -0.2) is 75.5 Å². The largest absolute Gasteiger partial charge is 0.369 e. The monoisotopic (exact) mass is 377 g/mol. The van der Waals surface area contributed by atoms with E-state index in [1.54, 1.807) is 15.8 Å². The molecule has 2 aliphatic rings. The van der Waals surface area contributed by atoms with Gasteiger partial charge in [-0.3, -0.25) is 14.3 Å². The highest BCUT2D eigenvalue weighted by Gasteiger charge is 2.55. The van der Waals surface area contributed by atoms with Crippen LogP contribution < -0.4 is 11.3 Å². The maximum absolute atomic E-state index is 12.3. The Labute approximate surface area is 155 Å². The van der Waals surface area contributed by atoms with E-state index in [1.165, 1.54) is 6.33 Å². The van der Waals surface area contributed by atoms with Gasteiger partial charge in [-0.2, -0.15) is 4.98 Å². The van der Waals surface area contributed by atoms with Crippen LogP contribution in [0.15, 0.2) is 16.1 Å². The Hall–Kier alpha value is -2.34. The number of aliphatic imine (C=N–C) groups is 1. The molecule has 0 spiro atoms. The summed E-state index contributed by atoms with van der Waals surface area (Å²) in [5.74, 6) is -0.565. The molecule has 4 atom stereocenters. The van der Waals surface area contributed by atoms with Gasteiger partial charge in [-0.1, -0.05) is 0 Å². The predicted octanol–water partition coefficient (Wildman–Crippen LogP) is -0.283. The summed E-state index contributed by atoms with van der Waals surface area (Å²) in [6.07, 6.45) is 1.49. The third-order valence-corrected chi connectivity index (χ3v) is 4.46. The van der Waals surface area contributed by atoms with E-state index in [0.29, 0.717) is 5.65 Å². The van der Waals surface area contributed by atoms with Gasteiger partial charge in [0.25, 0.3) is 5.56 Å². The van der Waals surface area contributed by atoms with Crippen molar-refractivity contribution in [3.8, 4) is 0 Å². The molecule has 0 bridgehead atoms. The molecule has 0 amide bonds. The molecule has 3 N–H and O–H groups in total. The predicted molar refractivity (Wildman–Crippen MR) is 96.8 cm³/mol. The smallest absolute Gasteiger partial charge is 0.280 e. The minimum atomic E-state index is -0.743. The van der Waals surface area contributed by atoms with Gasteiger partial charge < -0.3 is 24.8 Å². The fourth-order valence-corrected chi connectivity index (χ4v) is 3.40. The van der Waals surface area contributed by atoms with Crippen LogP contribution in [0.1, 0.15) is 20.1 Å². The molecule has 2 aliphatic heterocycles. The highest BCUT2D eigenvalue weighted by Crippen LogP contribution is 2.43. The average Bonchev–Trinajstić information content (AvgIpc) is 3.23. The first kappa shape index (κ1) is 18.0. The second kappa shape index (κ2) is 6.37. The van der Waals surface area contributed by atoms with Gasteiger partial charge in [-0.25, -0.2) is 9.98 Å². The molecule has 0 aliphatic carbocycles. The third-order valence-electron chi connectivity index (χ3n) is 4.46. The number of aromatic amines is 1. The zero-order valence-electron chi connectivity index (χ0n) is 15.6. The Balaban J connectivity index is 1.76. The fourth-order valence-electron chi connectivity index (χ4n) is 3.40. The van der Waals surface area contributed by atoms with Crippen LogP contribution in [0, 0.1) is 0 Å². The van der Waals surface area contributed by atoms with Crippen molar-refractivity contribution < 1.29 is 14.2 Å². The van der Waals surface area contributed by atoms with Crippen molar-refractivity contribution in [2.75, 3.05) is 20.6 Å². The van der Waals surface area contributed by atoms with Crippen LogP contribution in [0.2, 0.25) is 0 Å². The number of hydrogen-bond donors (Lipinski definition) is 2. The number of nitrogens with two attached hydrogens (primary N) is 1. The molecule has 2 saturated heterocycles. The van der Waals surface area contributed by atoms with Crippen molar-refractivity contribution in [3.05, 3.63) is 16.7 Å². The number of hydrogen-bond acceptors (Lipinski definition) is 8. The zero-order chi connectivity index (χ0) is 19.3. The summed E-state index contributed by atoms with van der Waals surface area (Å²) in [6.45, 7) is 3.98. The number of fused-ring (bicyclic) bond motifs is 2. The Morgan fingerprint density at radius 2 is 2.15 bits per heavy atom. The first-order valence-electron chi connectivity index (χ1n) is 8.68. The minimum Gasteiger partial charge on any atom is -0.369 e. The number of H-pyrrole nitrogens is 1. The second-order valence-electron chi connectivity index (χ2n) is 7.29. The highest BCUT2D eigenvalue weighted by atomic mass is 16.8. The third kappa shape index (κ3) is 3.12. The van der Waals surface area contributed by atoms with E-state index in [9.17, 15) is 4.79 Å². The number of ether oxygens (including phenoxy) is 3. The number of nitrogens with zero attached hydrogens (tertiary/aromatic N) is 5. The van der Waals surface area contributed by atoms with Crippen LogP contribution in [0.5, 0.6) is 0 Å². The summed E-state index contributed by atoms with van der Waals surface area (Å²) < 4.78 is 19.7. The molecule has 146 valence electrons. The quantitative estimate of drug-likeness (QED) is 0.549. The SMILES string of the molecule is CN(C)C=Nc1nc2c(ncn2[C@@H]2O[C@H](CN)C3OC(C)(C)O[C@@H]32)c(=O)[nH]1. The van der Waals surface area contributed by atoms with E-state index in [2.05, 4.69) is 19.9 Å². The summed E-state index contributed by atoms with van der Waals surface area (Å²) >= 11 is 0. The summed E-state index contributed by atoms with van der Waals surface area (Å²) in [6, 6.07) is 0. The Morgan fingerprint density at radius 3 is 2.85 bits per heavy atom. The lowest BCUT2D eigenvalue weighted by atomic mass is 10.1. The summed E-state index contributed by atoms with van der Waals surface area (Å²) in [5.41, 5.74) is 6.03. The van der Waals surface area contributed by atoms with E-state index < -0.39 is 12.0 Å². The molecule has 2 fully saturated rings. The molecule has 4 heterocycles. The van der Waals surface area contributed by atoms with Gasteiger partial charge in [-0.05, 0) is 13.8 Å². The number of rotatable bonds is 4. The molecule has 0 saturated carbocycles. The molecule has 4 rings (SSSR count). The normalized spacial score (nSPS) is 29.7. The number of imidazole rings is 1. The van der Waals surface area contributed by atoms with Crippen molar-refractivity contribution in [1.29, 1.82) is 0 Å². The Morgan fingerprint density at radius 1 is 1.41 bits per heavy atom.